The zero-order valence-electron chi connectivity index (χ0n) is 11.3. The molecule has 1 aromatic rings. The minimum atomic E-state index is -3.72. The number of aromatic nitrogens is 2. The summed E-state index contributed by atoms with van der Waals surface area (Å²) in [6, 6.07) is 0. The molecular weight excluding hydrogens is 270 g/mol. The van der Waals surface area contributed by atoms with Crippen LogP contribution in [0.3, 0.4) is 0 Å². The van der Waals surface area contributed by atoms with Crippen molar-refractivity contribution in [1.29, 1.82) is 0 Å². The van der Waals surface area contributed by atoms with Crippen molar-refractivity contribution in [3.05, 3.63) is 11.4 Å². The van der Waals surface area contributed by atoms with Gasteiger partial charge in [0.1, 0.15) is 4.90 Å². The molecule has 0 radical (unpaired) electrons. The molecule has 0 aliphatic heterocycles. The van der Waals surface area contributed by atoms with E-state index >= 15 is 0 Å². The number of aliphatic carboxylic acids is 1. The maximum atomic E-state index is 12.2. The van der Waals surface area contributed by atoms with E-state index in [4.69, 9.17) is 5.11 Å². The number of carboxylic acid groups (broad SMARTS) is 1. The van der Waals surface area contributed by atoms with Gasteiger partial charge in [0.15, 0.2) is 0 Å². The topological polar surface area (TPSA) is 101 Å². The van der Waals surface area contributed by atoms with E-state index in [9.17, 15) is 13.2 Å². The van der Waals surface area contributed by atoms with Crippen molar-refractivity contribution in [2.45, 2.75) is 38.0 Å². The van der Waals surface area contributed by atoms with E-state index in [1.807, 2.05) is 13.8 Å². The van der Waals surface area contributed by atoms with Crippen LogP contribution in [0.5, 0.6) is 0 Å². The number of rotatable bonds is 7. The number of nitrogens with one attached hydrogen (secondary N) is 1. The summed E-state index contributed by atoms with van der Waals surface area (Å²) in [6.07, 6.45) is 0.796. The quantitative estimate of drug-likeness (QED) is 0.751. The van der Waals surface area contributed by atoms with Gasteiger partial charge in [0.25, 0.3) is 0 Å². The Hall–Kier alpha value is -1.41. The van der Waals surface area contributed by atoms with Crippen molar-refractivity contribution in [2.24, 2.45) is 7.05 Å². The molecule has 0 aliphatic rings. The predicted molar refractivity (Wildman–Crippen MR) is 69.4 cm³/mol. The maximum Gasteiger partial charge on any atom is 0.304 e. The van der Waals surface area contributed by atoms with E-state index in [1.165, 1.54) is 0 Å². The summed E-state index contributed by atoms with van der Waals surface area (Å²) >= 11 is 0. The van der Waals surface area contributed by atoms with Gasteiger partial charge in [-0.1, -0.05) is 13.8 Å². The second kappa shape index (κ2) is 6.16. The Morgan fingerprint density at radius 2 is 2.00 bits per heavy atom. The second-order valence-corrected chi connectivity index (χ2v) is 5.80. The van der Waals surface area contributed by atoms with Crippen molar-refractivity contribution >= 4 is 16.0 Å². The van der Waals surface area contributed by atoms with Gasteiger partial charge >= 0.3 is 5.97 Å². The molecule has 0 fully saturated rings. The molecular formula is C11H19N3O4S. The van der Waals surface area contributed by atoms with Gasteiger partial charge in [-0.15, -0.1) is 0 Å². The van der Waals surface area contributed by atoms with Crippen LogP contribution in [0.15, 0.2) is 4.90 Å². The molecule has 0 amide bonds. The minimum Gasteiger partial charge on any atom is -0.481 e. The van der Waals surface area contributed by atoms with E-state index in [1.54, 1.807) is 11.7 Å². The van der Waals surface area contributed by atoms with Crippen LogP contribution in [-0.2, 0) is 34.7 Å². The van der Waals surface area contributed by atoms with Crippen LogP contribution < -0.4 is 4.72 Å². The number of sulfonamides is 1. The van der Waals surface area contributed by atoms with Gasteiger partial charge in [0.2, 0.25) is 10.0 Å². The van der Waals surface area contributed by atoms with Gasteiger partial charge in [-0.2, -0.15) is 5.10 Å². The van der Waals surface area contributed by atoms with Crippen LogP contribution in [0.1, 0.15) is 31.7 Å². The monoisotopic (exact) mass is 289 g/mol. The Morgan fingerprint density at radius 1 is 1.37 bits per heavy atom. The van der Waals surface area contributed by atoms with Crippen molar-refractivity contribution in [1.82, 2.24) is 14.5 Å². The highest BCUT2D eigenvalue weighted by Crippen LogP contribution is 2.21. The highest BCUT2D eigenvalue weighted by atomic mass is 32.2. The van der Waals surface area contributed by atoms with Gasteiger partial charge in [-0.05, 0) is 12.8 Å². The fraction of sp³-hybridized carbons (Fsp3) is 0.636. The Bertz CT molecular complexity index is 563. The minimum absolute atomic E-state index is 0.126. The number of nitrogens with zero attached hydrogens (tertiary/aromatic N) is 2. The normalized spacial score (nSPS) is 11.7. The lowest BCUT2D eigenvalue weighted by atomic mass is 10.2. The number of hydrogen-bond donors (Lipinski definition) is 2. The third-order valence-electron chi connectivity index (χ3n) is 2.76. The van der Waals surface area contributed by atoms with Crippen LogP contribution in [0.25, 0.3) is 0 Å². The fourth-order valence-electron chi connectivity index (χ4n) is 1.90. The fourth-order valence-corrected chi connectivity index (χ4v) is 3.49. The summed E-state index contributed by atoms with van der Waals surface area (Å²) in [5.41, 5.74) is 1.13. The van der Waals surface area contributed by atoms with E-state index in [2.05, 4.69) is 9.82 Å². The summed E-state index contributed by atoms with van der Waals surface area (Å²) in [5, 5.41) is 12.7. The number of hydrogen-bond acceptors (Lipinski definition) is 4. The molecule has 1 aromatic heterocycles. The Kier molecular flexibility index (Phi) is 5.07. The Labute approximate surface area is 112 Å². The van der Waals surface area contributed by atoms with Gasteiger partial charge < -0.3 is 5.11 Å². The molecule has 108 valence electrons. The van der Waals surface area contributed by atoms with Crippen molar-refractivity contribution < 1.29 is 18.3 Å². The first-order valence-electron chi connectivity index (χ1n) is 6.09. The first-order valence-corrected chi connectivity index (χ1v) is 7.58. The molecule has 0 atom stereocenters. The number of aryl methyl sites for hydroxylation is 2. The average molecular weight is 289 g/mol. The predicted octanol–water partition coefficient (Wildman–Crippen LogP) is 0.298. The molecule has 0 saturated carbocycles. The molecule has 0 spiro atoms. The number of carbonyl (C=O) groups is 1. The van der Waals surface area contributed by atoms with E-state index in [0.717, 1.165) is 0 Å². The van der Waals surface area contributed by atoms with Crippen LogP contribution in [0.2, 0.25) is 0 Å². The molecule has 7 nitrogen and oxygen atoms in total. The zero-order chi connectivity index (χ0) is 14.6. The van der Waals surface area contributed by atoms with Crippen molar-refractivity contribution in [3.8, 4) is 0 Å². The molecule has 0 aromatic carbocycles. The van der Waals surface area contributed by atoms with Crippen LogP contribution >= 0.6 is 0 Å². The molecule has 0 unspecified atom stereocenters. The van der Waals surface area contributed by atoms with Crippen LogP contribution in [0.4, 0.5) is 0 Å². The lowest BCUT2D eigenvalue weighted by molar-refractivity contribution is -0.136. The summed E-state index contributed by atoms with van der Waals surface area (Å²) in [6.45, 7) is 3.56. The molecule has 0 bridgehead atoms. The van der Waals surface area contributed by atoms with E-state index in [0.29, 0.717) is 24.2 Å². The number of carboxylic acids is 1. The second-order valence-electron chi connectivity index (χ2n) is 4.09. The standard InChI is InChI=1S/C11H19N3O4S/c1-4-8-11(9(5-2)14(3)13-8)19(17,18)12-7-6-10(15)16/h12H,4-7H2,1-3H3,(H,15,16). The summed E-state index contributed by atoms with van der Waals surface area (Å²) in [7, 11) is -2.01. The molecule has 0 aliphatic carbocycles. The smallest absolute Gasteiger partial charge is 0.304 e. The Morgan fingerprint density at radius 3 is 2.47 bits per heavy atom. The first kappa shape index (κ1) is 15.6. The summed E-state index contributed by atoms with van der Waals surface area (Å²) in [4.78, 5) is 10.6. The molecule has 0 saturated heterocycles. The molecule has 8 heteroatoms. The first-order chi connectivity index (χ1) is 8.83. The van der Waals surface area contributed by atoms with Gasteiger partial charge in [0, 0.05) is 13.6 Å². The Balaban J connectivity index is 3.09. The van der Waals surface area contributed by atoms with E-state index < -0.39 is 16.0 Å². The third-order valence-corrected chi connectivity index (χ3v) is 4.35. The third kappa shape index (κ3) is 3.54. The average Bonchev–Trinajstić information content (AvgIpc) is 2.65. The highest BCUT2D eigenvalue weighted by molar-refractivity contribution is 7.89. The van der Waals surface area contributed by atoms with Gasteiger partial charge in [0.05, 0.1) is 17.8 Å². The highest BCUT2D eigenvalue weighted by Gasteiger charge is 2.25. The lowest BCUT2D eigenvalue weighted by Crippen LogP contribution is -2.27. The largest absolute Gasteiger partial charge is 0.481 e. The molecule has 1 rings (SSSR count). The SMILES string of the molecule is CCc1nn(C)c(CC)c1S(=O)(=O)NCCC(=O)O. The van der Waals surface area contributed by atoms with Crippen molar-refractivity contribution in [2.75, 3.05) is 6.54 Å². The van der Waals surface area contributed by atoms with Crippen LogP contribution in [-0.4, -0.2) is 35.8 Å². The van der Waals surface area contributed by atoms with Gasteiger partial charge in [-0.25, -0.2) is 13.1 Å². The maximum absolute atomic E-state index is 12.2. The zero-order valence-corrected chi connectivity index (χ0v) is 12.1. The van der Waals surface area contributed by atoms with Crippen molar-refractivity contribution in [3.63, 3.8) is 0 Å². The molecule has 2 N–H and O–H groups in total. The lowest BCUT2D eigenvalue weighted by Gasteiger charge is -2.07. The summed E-state index contributed by atoms with van der Waals surface area (Å²) in [5.74, 6) is -1.04. The molecule has 1 heterocycles. The van der Waals surface area contributed by atoms with Gasteiger partial charge in [-0.3, -0.25) is 9.48 Å². The van der Waals surface area contributed by atoms with Crippen LogP contribution in [0, 0.1) is 0 Å². The van der Waals surface area contributed by atoms with E-state index in [-0.39, 0.29) is 17.9 Å². The summed E-state index contributed by atoms with van der Waals surface area (Å²) < 4.78 is 28.3. The molecule has 19 heavy (non-hydrogen) atoms.